The number of hydrogen-bond acceptors (Lipinski definition) is 6. The Morgan fingerprint density at radius 1 is 1.26 bits per heavy atom. The molecule has 1 aromatic carbocycles. The molecule has 0 fully saturated rings. The number of amides is 1. The largest absolute Gasteiger partial charge is 0.497 e. The van der Waals surface area contributed by atoms with E-state index >= 15 is 0 Å². The van der Waals surface area contributed by atoms with Crippen LogP contribution in [0.3, 0.4) is 0 Å². The summed E-state index contributed by atoms with van der Waals surface area (Å²) in [5.41, 5.74) is 0. The Labute approximate surface area is 139 Å². The van der Waals surface area contributed by atoms with Crippen molar-refractivity contribution >= 4 is 23.5 Å². The lowest BCUT2D eigenvalue weighted by Gasteiger charge is -2.07. The van der Waals surface area contributed by atoms with Gasteiger partial charge < -0.3 is 19.3 Å². The maximum absolute atomic E-state index is 11.7. The number of ether oxygens (including phenoxy) is 2. The van der Waals surface area contributed by atoms with Crippen molar-refractivity contribution < 1.29 is 18.8 Å². The smallest absolute Gasteiger partial charge is 0.226 e. The minimum absolute atomic E-state index is 0.0677. The number of anilines is 1. The minimum Gasteiger partial charge on any atom is -0.497 e. The van der Waals surface area contributed by atoms with Crippen molar-refractivity contribution in [2.75, 3.05) is 30.5 Å². The Morgan fingerprint density at radius 2 is 2.00 bits per heavy atom. The fourth-order valence-corrected chi connectivity index (χ4v) is 2.52. The topological polar surface area (TPSA) is 73.6 Å². The highest BCUT2D eigenvalue weighted by molar-refractivity contribution is 7.99. The zero-order valence-electron chi connectivity index (χ0n) is 13.2. The van der Waals surface area contributed by atoms with Crippen molar-refractivity contribution in [2.45, 2.75) is 13.3 Å². The highest BCUT2D eigenvalue weighted by atomic mass is 32.2. The summed E-state index contributed by atoms with van der Waals surface area (Å²) in [6.45, 7) is 2.38. The average molecular weight is 336 g/mol. The lowest BCUT2D eigenvalue weighted by molar-refractivity contribution is -0.115. The van der Waals surface area contributed by atoms with Crippen LogP contribution in [0.1, 0.15) is 12.2 Å². The van der Waals surface area contributed by atoms with Crippen LogP contribution in [0.25, 0.3) is 0 Å². The standard InChI is InChI=1S/C16H20N2O4S/c1-12-11-15(18-22-12)17-16(19)7-9-23-10-8-21-14-5-3-13(20-2)4-6-14/h3-6,11H,7-10H2,1-2H3,(H,17,18,19). The van der Waals surface area contributed by atoms with Gasteiger partial charge in [-0.15, -0.1) is 0 Å². The van der Waals surface area contributed by atoms with E-state index < -0.39 is 0 Å². The van der Waals surface area contributed by atoms with Crippen molar-refractivity contribution in [3.05, 3.63) is 36.1 Å². The molecule has 0 aliphatic carbocycles. The molecule has 23 heavy (non-hydrogen) atoms. The van der Waals surface area contributed by atoms with Gasteiger partial charge in [0.15, 0.2) is 5.82 Å². The fraction of sp³-hybridized carbons (Fsp3) is 0.375. The monoisotopic (exact) mass is 336 g/mol. The minimum atomic E-state index is -0.0677. The Kier molecular flexibility index (Phi) is 6.80. The third-order valence-corrected chi connectivity index (χ3v) is 3.87. The highest BCUT2D eigenvalue weighted by Gasteiger charge is 2.05. The normalized spacial score (nSPS) is 10.3. The molecule has 1 heterocycles. The van der Waals surface area contributed by atoms with E-state index in [-0.39, 0.29) is 5.91 Å². The van der Waals surface area contributed by atoms with Gasteiger partial charge in [0.1, 0.15) is 17.3 Å². The second-order valence-electron chi connectivity index (χ2n) is 4.76. The highest BCUT2D eigenvalue weighted by Crippen LogP contribution is 2.17. The van der Waals surface area contributed by atoms with Crippen molar-refractivity contribution in [3.8, 4) is 11.5 Å². The van der Waals surface area contributed by atoms with Crippen molar-refractivity contribution in [1.82, 2.24) is 5.16 Å². The van der Waals surface area contributed by atoms with E-state index in [9.17, 15) is 4.79 Å². The third-order valence-electron chi connectivity index (χ3n) is 2.92. The maximum Gasteiger partial charge on any atom is 0.226 e. The van der Waals surface area contributed by atoms with Crippen molar-refractivity contribution in [3.63, 3.8) is 0 Å². The molecule has 0 bridgehead atoms. The number of thioether (sulfide) groups is 1. The molecule has 0 aliphatic rings. The molecule has 2 rings (SSSR count). The average Bonchev–Trinajstić information content (AvgIpc) is 2.96. The van der Waals surface area contributed by atoms with Crippen LogP contribution in [-0.4, -0.2) is 36.3 Å². The molecule has 0 saturated carbocycles. The molecule has 1 amide bonds. The van der Waals surface area contributed by atoms with Gasteiger partial charge in [-0.25, -0.2) is 0 Å². The van der Waals surface area contributed by atoms with E-state index in [1.807, 2.05) is 24.3 Å². The molecule has 2 aromatic rings. The summed E-state index contributed by atoms with van der Waals surface area (Å²) in [6.07, 6.45) is 0.430. The number of aromatic nitrogens is 1. The lowest BCUT2D eigenvalue weighted by Crippen LogP contribution is -2.12. The molecule has 0 unspecified atom stereocenters. The summed E-state index contributed by atoms with van der Waals surface area (Å²) in [5.74, 6) is 4.23. The second kappa shape index (κ2) is 9.09. The first kappa shape index (κ1) is 17.2. The van der Waals surface area contributed by atoms with Gasteiger partial charge in [-0.3, -0.25) is 4.79 Å². The number of carbonyl (C=O) groups is 1. The molecule has 0 spiro atoms. The van der Waals surface area contributed by atoms with Crippen LogP contribution in [0.4, 0.5) is 5.82 Å². The van der Waals surface area contributed by atoms with Crippen LogP contribution in [0.15, 0.2) is 34.9 Å². The number of hydrogen-bond donors (Lipinski definition) is 1. The zero-order chi connectivity index (χ0) is 16.5. The van der Waals surface area contributed by atoms with Gasteiger partial charge in [0.2, 0.25) is 5.91 Å². The maximum atomic E-state index is 11.7. The Hall–Kier alpha value is -2.15. The van der Waals surface area contributed by atoms with Crippen LogP contribution < -0.4 is 14.8 Å². The first-order valence-electron chi connectivity index (χ1n) is 7.25. The third kappa shape index (κ3) is 6.23. The van der Waals surface area contributed by atoms with Crippen molar-refractivity contribution in [2.24, 2.45) is 0 Å². The number of carbonyl (C=O) groups excluding carboxylic acids is 1. The summed E-state index contributed by atoms with van der Waals surface area (Å²) in [6, 6.07) is 9.15. The van der Waals surface area contributed by atoms with E-state index in [0.717, 1.165) is 23.0 Å². The van der Waals surface area contributed by atoms with Crippen LogP contribution in [0.2, 0.25) is 0 Å². The van der Waals surface area contributed by atoms with E-state index in [1.54, 1.807) is 31.9 Å². The molecule has 0 saturated heterocycles. The predicted molar refractivity (Wildman–Crippen MR) is 90.3 cm³/mol. The van der Waals surface area contributed by atoms with E-state index in [0.29, 0.717) is 24.6 Å². The second-order valence-corrected chi connectivity index (χ2v) is 5.98. The van der Waals surface area contributed by atoms with Gasteiger partial charge in [-0.2, -0.15) is 11.8 Å². The predicted octanol–water partition coefficient (Wildman–Crippen LogP) is 3.13. The number of aryl methyl sites for hydroxylation is 1. The quantitative estimate of drug-likeness (QED) is 0.709. The van der Waals surface area contributed by atoms with Crippen molar-refractivity contribution in [1.29, 1.82) is 0 Å². The van der Waals surface area contributed by atoms with Crippen LogP contribution >= 0.6 is 11.8 Å². The lowest BCUT2D eigenvalue weighted by atomic mass is 10.3. The zero-order valence-corrected chi connectivity index (χ0v) is 14.0. The molecule has 6 nitrogen and oxygen atoms in total. The molecule has 1 N–H and O–H groups in total. The molecule has 0 radical (unpaired) electrons. The summed E-state index contributed by atoms with van der Waals surface area (Å²) in [5, 5.41) is 6.41. The van der Waals surface area contributed by atoms with Gasteiger partial charge in [-0.1, -0.05) is 5.16 Å². The van der Waals surface area contributed by atoms with Crippen LogP contribution in [-0.2, 0) is 4.79 Å². The molecule has 124 valence electrons. The number of methoxy groups -OCH3 is 1. The number of nitrogens with zero attached hydrogens (tertiary/aromatic N) is 1. The van der Waals surface area contributed by atoms with E-state index in [2.05, 4.69) is 10.5 Å². The van der Waals surface area contributed by atoms with Gasteiger partial charge >= 0.3 is 0 Å². The fourth-order valence-electron chi connectivity index (χ4n) is 1.79. The molecule has 0 atom stereocenters. The molecule has 1 aromatic heterocycles. The van der Waals surface area contributed by atoms with Gasteiger partial charge in [0, 0.05) is 24.0 Å². The van der Waals surface area contributed by atoms with Crippen LogP contribution in [0, 0.1) is 6.92 Å². The number of benzene rings is 1. The Morgan fingerprint density at radius 3 is 2.65 bits per heavy atom. The molecule has 7 heteroatoms. The van der Waals surface area contributed by atoms with E-state index in [4.69, 9.17) is 14.0 Å². The van der Waals surface area contributed by atoms with Gasteiger partial charge in [-0.05, 0) is 31.2 Å². The van der Waals surface area contributed by atoms with Crippen LogP contribution in [0.5, 0.6) is 11.5 Å². The summed E-state index contributed by atoms with van der Waals surface area (Å²) in [4.78, 5) is 11.7. The molecule has 0 aliphatic heterocycles. The first-order chi connectivity index (χ1) is 11.2. The summed E-state index contributed by atoms with van der Waals surface area (Å²) in [7, 11) is 1.63. The Balaban J connectivity index is 1.54. The van der Waals surface area contributed by atoms with E-state index in [1.165, 1.54) is 0 Å². The number of rotatable bonds is 9. The summed E-state index contributed by atoms with van der Waals surface area (Å²) >= 11 is 1.67. The number of nitrogens with one attached hydrogen (secondary N) is 1. The Bertz CT molecular complexity index is 613. The van der Waals surface area contributed by atoms with Gasteiger partial charge in [0.25, 0.3) is 0 Å². The van der Waals surface area contributed by atoms with Gasteiger partial charge in [0.05, 0.1) is 13.7 Å². The first-order valence-corrected chi connectivity index (χ1v) is 8.40. The molecular weight excluding hydrogens is 316 g/mol. The molecular formula is C16H20N2O4S. The summed E-state index contributed by atoms with van der Waals surface area (Å²) < 4.78 is 15.6. The SMILES string of the molecule is COc1ccc(OCCSCCC(=O)Nc2cc(C)on2)cc1.